The smallest absolute Gasteiger partial charge is 0.0493 e. The van der Waals surface area contributed by atoms with E-state index in [-0.39, 0.29) is 10.8 Å². The van der Waals surface area contributed by atoms with Crippen LogP contribution >= 0.6 is 0 Å². The monoisotopic (exact) mass is 712 g/mol. The number of aryl methyl sites for hydroxylation is 1. The van der Waals surface area contributed by atoms with Crippen LogP contribution in [-0.2, 0) is 10.8 Å². The van der Waals surface area contributed by atoms with E-state index in [4.69, 9.17) is 0 Å². The maximum Gasteiger partial charge on any atom is 0.0493 e. The summed E-state index contributed by atoms with van der Waals surface area (Å²) in [6.45, 7) is 15.9. The molecule has 0 unspecified atom stereocenters. The van der Waals surface area contributed by atoms with Crippen molar-refractivity contribution in [2.24, 2.45) is 0 Å². The molecule has 0 atom stereocenters. The molecule has 55 heavy (non-hydrogen) atoms. The van der Waals surface area contributed by atoms with E-state index in [1.54, 1.807) is 0 Å². The van der Waals surface area contributed by atoms with Crippen LogP contribution in [0.4, 0.5) is 34.1 Å². The van der Waals surface area contributed by atoms with Gasteiger partial charge in [-0.25, -0.2) is 0 Å². The first kappa shape index (κ1) is 34.6. The highest BCUT2D eigenvalue weighted by Crippen LogP contribution is 2.51. The Labute approximate surface area is 326 Å². The minimum atomic E-state index is 0.0505. The quantitative estimate of drug-likeness (QED) is 0.169. The predicted molar refractivity (Wildman–Crippen MR) is 237 cm³/mol. The Morgan fingerprint density at radius 3 is 1.29 bits per heavy atom. The lowest BCUT2D eigenvalue weighted by Gasteiger charge is -2.30. The van der Waals surface area contributed by atoms with E-state index in [9.17, 15) is 0 Å². The summed E-state index contributed by atoms with van der Waals surface area (Å²) in [4.78, 5) is 4.80. The molecule has 0 saturated heterocycles. The summed E-state index contributed by atoms with van der Waals surface area (Å²) in [5.41, 5.74) is 16.3. The molecule has 9 rings (SSSR count). The minimum Gasteiger partial charge on any atom is -0.310 e. The number of hydrogen-bond acceptors (Lipinski definition) is 2. The SMILES string of the molecule is Cc1ccc(C(C)(C)C)cc1N(c1ccccc1)c1ccc2cc3c(cc2c1)-c1cc2ccc(N(c4ccccc4)c4cccc(C(C)(C)C)c4)cc2cc1-3. The Kier molecular flexibility index (Phi) is 8.20. The van der Waals surface area contributed by atoms with Crippen LogP contribution in [-0.4, -0.2) is 0 Å². The molecule has 2 nitrogen and oxygen atoms in total. The van der Waals surface area contributed by atoms with E-state index in [2.05, 4.69) is 222 Å². The second kappa shape index (κ2) is 13.0. The molecule has 0 aromatic heterocycles. The highest BCUT2D eigenvalue weighted by Gasteiger charge is 2.26. The fourth-order valence-electron chi connectivity index (χ4n) is 8.13. The third-order valence-corrected chi connectivity index (χ3v) is 11.3. The zero-order valence-electron chi connectivity index (χ0n) is 33.0. The van der Waals surface area contributed by atoms with E-state index in [0.29, 0.717) is 0 Å². The molecule has 0 aliphatic heterocycles. The van der Waals surface area contributed by atoms with Crippen LogP contribution in [0.2, 0.25) is 0 Å². The Balaban J connectivity index is 1.11. The number of rotatable bonds is 6. The first-order valence-electron chi connectivity index (χ1n) is 19.5. The van der Waals surface area contributed by atoms with Crippen molar-refractivity contribution in [2.75, 3.05) is 9.80 Å². The molecule has 0 fully saturated rings. The molecule has 0 spiro atoms. The van der Waals surface area contributed by atoms with Crippen molar-refractivity contribution in [3.63, 3.8) is 0 Å². The second-order valence-corrected chi connectivity index (χ2v) is 17.3. The molecule has 0 amide bonds. The van der Waals surface area contributed by atoms with Gasteiger partial charge in [-0.3, -0.25) is 0 Å². The molecule has 8 aromatic rings. The van der Waals surface area contributed by atoms with Gasteiger partial charge in [0.25, 0.3) is 0 Å². The first-order chi connectivity index (χ1) is 26.4. The van der Waals surface area contributed by atoms with Crippen molar-refractivity contribution in [1.82, 2.24) is 0 Å². The normalized spacial score (nSPS) is 12.3. The van der Waals surface area contributed by atoms with Gasteiger partial charge in [-0.15, -0.1) is 0 Å². The van der Waals surface area contributed by atoms with E-state index in [0.717, 1.165) is 22.7 Å². The summed E-state index contributed by atoms with van der Waals surface area (Å²) in [5.74, 6) is 0. The van der Waals surface area contributed by atoms with Crippen LogP contribution in [0.15, 0.2) is 164 Å². The van der Waals surface area contributed by atoms with Gasteiger partial charge in [0.2, 0.25) is 0 Å². The molecular formula is C53H48N2. The molecule has 0 N–H and O–H groups in total. The van der Waals surface area contributed by atoms with Gasteiger partial charge >= 0.3 is 0 Å². The zero-order chi connectivity index (χ0) is 38.1. The van der Waals surface area contributed by atoms with Gasteiger partial charge < -0.3 is 9.80 Å². The van der Waals surface area contributed by atoms with Crippen LogP contribution in [0.25, 0.3) is 43.8 Å². The van der Waals surface area contributed by atoms with Crippen molar-refractivity contribution in [2.45, 2.75) is 59.3 Å². The number of fused-ring (bicyclic) bond motifs is 6. The van der Waals surface area contributed by atoms with Gasteiger partial charge in [0.1, 0.15) is 0 Å². The number of nitrogens with zero attached hydrogens (tertiary/aromatic N) is 2. The van der Waals surface area contributed by atoms with Gasteiger partial charge in [0, 0.05) is 34.1 Å². The second-order valence-electron chi connectivity index (χ2n) is 17.3. The van der Waals surface area contributed by atoms with Gasteiger partial charge in [0.05, 0.1) is 0 Å². The van der Waals surface area contributed by atoms with Crippen molar-refractivity contribution in [3.8, 4) is 22.3 Å². The van der Waals surface area contributed by atoms with Gasteiger partial charge in [-0.05, 0) is 169 Å². The maximum atomic E-state index is 2.42. The highest BCUT2D eigenvalue weighted by molar-refractivity contribution is 6.12. The molecule has 0 heterocycles. The third kappa shape index (κ3) is 6.26. The fourth-order valence-corrected chi connectivity index (χ4v) is 8.13. The van der Waals surface area contributed by atoms with Crippen LogP contribution in [0.5, 0.6) is 0 Å². The fraction of sp³-hybridized carbons (Fsp3) is 0.170. The molecule has 2 heteroatoms. The number of benzene rings is 8. The first-order valence-corrected chi connectivity index (χ1v) is 19.5. The maximum absolute atomic E-state index is 2.42. The minimum absolute atomic E-state index is 0.0505. The molecule has 8 aromatic carbocycles. The predicted octanol–water partition coefficient (Wildman–Crippen LogP) is 15.5. The molecule has 0 bridgehead atoms. The molecule has 0 radical (unpaired) electrons. The number of anilines is 6. The highest BCUT2D eigenvalue weighted by atomic mass is 15.1. The standard InChI is InChI=1S/C53H48N2/c1-35-21-24-41(53(5,6)7)34-51(35)55(43-18-12-9-13-19-43)46-26-23-37-30-48-49-31-38-27-45(25-22-36(38)29-47(49)50(48)32-39(37)28-46)54(42-16-10-8-11-17-42)44-20-14-15-40(33-44)52(2,3)4/h8-34H,1-7H3. The van der Waals surface area contributed by atoms with Crippen molar-refractivity contribution in [1.29, 1.82) is 0 Å². The zero-order valence-corrected chi connectivity index (χ0v) is 33.0. The van der Waals surface area contributed by atoms with Gasteiger partial charge in [-0.1, -0.05) is 114 Å². The summed E-state index contributed by atoms with van der Waals surface area (Å²) < 4.78 is 0. The average Bonchev–Trinajstić information content (AvgIpc) is 3.18. The molecule has 0 saturated carbocycles. The lowest BCUT2D eigenvalue weighted by atomic mass is 9.78. The third-order valence-electron chi connectivity index (χ3n) is 11.3. The lowest BCUT2D eigenvalue weighted by molar-refractivity contribution is 0.590. The molecule has 1 aliphatic rings. The summed E-state index contributed by atoms with van der Waals surface area (Å²) >= 11 is 0. The number of para-hydroxylation sites is 2. The Bertz CT molecular complexity index is 2730. The molecular weight excluding hydrogens is 665 g/mol. The van der Waals surface area contributed by atoms with Gasteiger partial charge in [0.15, 0.2) is 0 Å². The summed E-state index contributed by atoms with van der Waals surface area (Å²) in [6, 6.07) is 60.8. The summed E-state index contributed by atoms with van der Waals surface area (Å²) in [7, 11) is 0. The topological polar surface area (TPSA) is 6.48 Å². The Morgan fingerprint density at radius 1 is 0.327 bits per heavy atom. The van der Waals surface area contributed by atoms with Crippen LogP contribution in [0, 0.1) is 6.92 Å². The largest absolute Gasteiger partial charge is 0.310 e. The van der Waals surface area contributed by atoms with E-state index in [1.165, 1.54) is 71.9 Å². The average molecular weight is 713 g/mol. The van der Waals surface area contributed by atoms with Crippen LogP contribution in [0.3, 0.4) is 0 Å². The van der Waals surface area contributed by atoms with E-state index >= 15 is 0 Å². The Hall–Kier alpha value is -6.12. The summed E-state index contributed by atoms with van der Waals surface area (Å²) in [6.07, 6.45) is 0. The van der Waals surface area contributed by atoms with E-state index < -0.39 is 0 Å². The van der Waals surface area contributed by atoms with Gasteiger partial charge in [-0.2, -0.15) is 0 Å². The lowest BCUT2D eigenvalue weighted by Crippen LogP contribution is -2.15. The van der Waals surface area contributed by atoms with Crippen molar-refractivity contribution < 1.29 is 0 Å². The Morgan fingerprint density at radius 2 is 0.764 bits per heavy atom. The van der Waals surface area contributed by atoms with Crippen LogP contribution in [0.1, 0.15) is 58.2 Å². The molecule has 1 aliphatic carbocycles. The molecule has 270 valence electrons. The number of hydrogen-bond donors (Lipinski definition) is 0. The van der Waals surface area contributed by atoms with Crippen LogP contribution < -0.4 is 9.80 Å². The van der Waals surface area contributed by atoms with Crippen molar-refractivity contribution in [3.05, 3.63) is 180 Å². The van der Waals surface area contributed by atoms with E-state index in [1.807, 2.05) is 0 Å². The summed E-state index contributed by atoms with van der Waals surface area (Å²) in [5, 5.41) is 5.00. The van der Waals surface area contributed by atoms with Crippen molar-refractivity contribution >= 4 is 55.7 Å².